The summed E-state index contributed by atoms with van der Waals surface area (Å²) in [6, 6.07) is 6.18. The fourth-order valence-electron chi connectivity index (χ4n) is 2.87. The Hall–Kier alpha value is -2.42. The molecule has 1 aromatic carbocycles. The zero-order chi connectivity index (χ0) is 18.4. The van der Waals surface area contributed by atoms with E-state index in [9.17, 15) is 14.0 Å². The second-order valence-corrected chi connectivity index (χ2v) is 7.20. The third-order valence-corrected chi connectivity index (χ3v) is 5.08. The van der Waals surface area contributed by atoms with E-state index < -0.39 is 0 Å². The van der Waals surface area contributed by atoms with Gasteiger partial charge >= 0.3 is 0 Å². The SMILES string of the molecule is O=C(NCCSc1cn[nH]n1)[C@H]1CCC(=O)N(Cc2cccc(F)c2)C1. The minimum Gasteiger partial charge on any atom is -0.355 e. The molecule has 138 valence electrons. The molecule has 0 unspecified atom stereocenters. The maximum absolute atomic E-state index is 13.3. The van der Waals surface area contributed by atoms with Crippen molar-refractivity contribution < 1.29 is 14.0 Å². The number of amides is 2. The molecule has 1 aliphatic rings. The van der Waals surface area contributed by atoms with Gasteiger partial charge in [-0.05, 0) is 24.1 Å². The number of rotatable bonds is 7. The van der Waals surface area contributed by atoms with Crippen LogP contribution < -0.4 is 5.32 Å². The summed E-state index contributed by atoms with van der Waals surface area (Å²) in [5.74, 6) is 0.0725. The Balaban J connectivity index is 1.47. The van der Waals surface area contributed by atoms with Gasteiger partial charge in [0, 0.05) is 31.8 Å². The molecule has 0 radical (unpaired) electrons. The number of nitrogens with one attached hydrogen (secondary N) is 2. The Labute approximate surface area is 154 Å². The van der Waals surface area contributed by atoms with E-state index >= 15 is 0 Å². The van der Waals surface area contributed by atoms with Gasteiger partial charge < -0.3 is 10.2 Å². The number of halogens is 1. The highest BCUT2D eigenvalue weighted by Gasteiger charge is 2.30. The Morgan fingerprint density at radius 2 is 2.35 bits per heavy atom. The van der Waals surface area contributed by atoms with Gasteiger partial charge in [-0.3, -0.25) is 9.59 Å². The lowest BCUT2D eigenvalue weighted by Gasteiger charge is -2.32. The number of carbonyl (C=O) groups is 2. The summed E-state index contributed by atoms with van der Waals surface area (Å²) >= 11 is 1.50. The van der Waals surface area contributed by atoms with E-state index in [4.69, 9.17) is 0 Å². The summed E-state index contributed by atoms with van der Waals surface area (Å²) in [6.07, 6.45) is 2.51. The molecule has 26 heavy (non-hydrogen) atoms. The second kappa shape index (κ2) is 8.79. The van der Waals surface area contributed by atoms with Crippen molar-refractivity contribution in [2.75, 3.05) is 18.8 Å². The van der Waals surface area contributed by atoms with Crippen molar-refractivity contribution in [1.29, 1.82) is 0 Å². The minimum atomic E-state index is -0.328. The molecule has 0 aliphatic carbocycles. The van der Waals surface area contributed by atoms with Crippen LogP contribution in [-0.2, 0) is 16.1 Å². The van der Waals surface area contributed by atoms with Crippen LogP contribution in [0.25, 0.3) is 0 Å². The number of piperidine rings is 1. The summed E-state index contributed by atoms with van der Waals surface area (Å²) in [5, 5.41) is 13.9. The van der Waals surface area contributed by atoms with E-state index in [-0.39, 0.29) is 23.5 Å². The Bertz CT molecular complexity index is 755. The van der Waals surface area contributed by atoms with E-state index in [1.165, 1.54) is 23.9 Å². The largest absolute Gasteiger partial charge is 0.355 e. The van der Waals surface area contributed by atoms with Gasteiger partial charge in [0.05, 0.1) is 12.1 Å². The third kappa shape index (κ3) is 5.04. The van der Waals surface area contributed by atoms with Crippen LogP contribution in [0.2, 0.25) is 0 Å². The zero-order valence-corrected chi connectivity index (χ0v) is 15.0. The van der Waals surface area contributed by atoms with Gasteiger partial charge in [0.2, 0.25) is 11.8 Å². The lowest BCUT2D eigenvalue weighted by Crippen LogP contribution is -2.45. The molecule has 7 nitrogen and oxygen atoms in total. The minimum absolute atomic E-state index is 0.0000936. The van der Waals surface area contributed by atoms with Crippen LogP contribution in [-0.4, -0.2) is 51.0 Å². The summed E-state index contributed by atoms with van der Waals surface area (Å²) in [6.45, 7) is 1.20. The van der Waals surface area contributed by atoms with Crippen LogP contribution in [0.5, 0.6) is 0 Å². The number of hydrogen-bond acceptors (Lipinski definition) is 5. The number of benzene rings is 1. The molecule has 1 aliphatic heterocycles. The summed E-state index contributed by atoms with van der Waals surface area (Å²) in [7, 11) is 0. The first-order chi connectivity index (χ1) is 12.6. The Kier molecular flexibility index (Phi) is 6.21. The maximum Gasteiger partial charge on any atom is 0.224 e. The van der Waals surface area contributed by atoms with E-state index in [2.05, 4.69) is 20.7 Å². The highest BCUT2D eigenvalue weighted by atomic mass is 32.2. The summed E-state index contributed by atoms with van der Waals surface area (Å²) < 4.78 is 13.3. The monoisotopic (exact) mass is 377 g/mol. The summed E-state index contributed by atoms with van der Waals surface area (Å²) in [4.78, 5) is 26.1. The Morgan fingerprint density at radius 1 is 1.46 bits per heavy atom. The molecule has 2 amide bonds. The molecule has 0 spiro atoms. The van der Waals surface area contributed by atoms with Crippen molar-refractivity contribution in [3.8, 4) is 0 Å². The lowest BCUT2D eigenvalue weighted by molar-refractivity contribution is -0.138. The van der Waals surface area contributed by atoms with Crippen molar-refractivity contribution in [2.45, 2.75) is 24.4 Å². The third-order valence-electron chi connectivity index (χ3n) is 4.18. The molecule has 2 aromatic rings. The van der Waals surface area contributed by atoms with Gasteiger partial charge in [0.25, 0.3) is 0 Å². The van der Waals surface area contributed by atoms with Crippen LogP contribution in [0.1, 0.15) is 18.4 Å². The number of hydrogen-bond donors (Lipinski definition) is 2. The molecule has 2 N–H and O–H groups in total. The first-order valence-electron chi connectivity index (χ1n) is 8.40. The molecule has 9 heteroatoms. The van der Waals surface area contributed by atoms with E-state index in [0.717, 1.165) is 10.6 Å². The lowest BCUT2D eigenvalue weighted by atomic mass is 9.96. The predicted octanol–water partition coefficient (Wildman–Crippen LogP) is 1.59. The number of H-pyrrole nitrogens is 1. The predicted molar refractivity (Wildman–Crippen MR) is 94.7 cm³/mol. The highest BCUT2D eigenvalue weighted by Crippen LogP contribution is 2.20. The number of carbonyl (C=O) groups excluding carboxylic acids is 2. The van der Waals surface area contributed by atoms with Gasteiger partial charge in [-0.1, -0.05) is 12.1 Å². The van der Waals surface area contributed by atoms with Gasteiger partial charge in [-0.2, -0.15) is 10.3 Å². The molecule has 1 fully saturated rings. The highest BCUT2D eigenvalue weighted by molar-refractivity contribution is 7.99. The van der Waals surface area contributed by atoms with Crippen molar-refractivity contribution in [3.63, 3.8) is 0 Å². The van der Waals surface area contributed by atoms with Gasteiger partial charge in [-0.15, -0.1) is 16.9 Å². The van der Waals surface area contributed by atoms with E-state index in [1.807, 2.05) is 0 Å². The number of aromatic amines is 1. The first-order valence-corrected chi connectivity index (χ1v) is 9.39. The molecule has 0 bridgehead atoms. The average Bonchev–Trinajstić information content (AvgIpc) is 3.14. The standard InChI is InChI=1S/C17H20FN5O2S/c18-14-3-1-2-12(8-14)10-23-11-13(4-5-16(23)24)17(25)19-6-7-26-15-9-20-22-21-15/h1-3,8-9,13H,4-7,10-11H2,(H,19,25)(H,20,21,22)/t13-/m0/s1. The van der Waals surface area contributed by atoms with Crippen LogP contribution in [0.3, 0.4) is 0 Å². The van der Waals surface area contributed by atoms with Gasteiger partial charge in [0.15, 0.2) is 0 Å². The maximum atomic E-state index is 13.3. The molecule has 2 heterocycles. The fraction of sp³-hybridized carbons (Fsp3) is 0.412. The molecule has 3 rings (SSSR count). The van der Waals surface area contributed by atoms with Crippen LogP contribution in [0.4, 0.5) is 4.39 Å². The Morgan fingerprint density at radius 3 is 3.12 bits per heavy atom. The van der Waals surface area contributed by atoms with Crippen molar-refractivity contribution >= 4 is 23.6 Å². The van der Waals surface area contributed by atoms with Crippen molar-refractivity contribution in [1.82, 2.24) is 25.6 Å². The van der Waals surface area contributed by atoms with Gasteiger partial charge in [-0.25, -0.2) is 4.39 Å². The van der Waals surface area contributed by atoms with E-state index in [1.54, 1.807) is 23.2 Å². The number of likely N-dealkylation sites (tertiary alicyclic amines) is 1. The number of nitrogens with zero attached hydrogens (tertiary/aromatic N) is 3. The normalized spacial score (nSPS) is 17.3. The molecular formula is C17H20FN5O2S. The van der Waals surface area contributed by atoms with Crippen molar-refractivity contribution in [3.05, 3.63) is 41.8 Å². The molecule has 1 aromatic heterocycles. The van der Waals surface area contributed by atoms with Crippen LogP contribution in [0.15, 0.2) is 35.5 Å². The first kappa shape index (κ1) is 18.4. The quantitative estimate of drug-likeness (QED) is 0.565. The zero-order valence-electron chi connectivity index (χ0n) is 14.2. The molecule has 1 saturated heterocycles. The second-order valence-electron chi connectivity index (χ2n) is 6.09. The summed E-state index contributed by atoms with van der Waals surface area (Å²) in [5.41, 5.74) is 0.725. The molecule has 0 saturated carbocycles. The fourth-order valence-corrected chi connectivity index (χ4v) is 3.52. The average molecular weight is 377 g/mol. The van der Waals surface area contributed by atoms with Crippen LogP contribution in [0, 0.1) is 11.7 Å². The van der Waals surface area contributed by atoms with Crippen LogP contribution >= 0.6 is 11.8 Å². The van der Waals surface area contributed by atoms with Crippen molar-refractivity contribution in [2.24, 2.45) is 5.92 Å². The molecule has 1 atom stereocenters. The smallest absolute Gasteiger partial charge is 0.224 e. The van der Waals surface area contributed by atoms with Gasteiger partial charge in [0.1, 0.15) is 10.8 Å². The molecular weight excluding hydrogens is 357 g/mol. The topological polar surface area (TPSA) is 91.0 Å². The van der Waals surface area contributed by atoms with E-state index in [0.29, 0.717) is 38.2 Å². The number of aromatic nitrogens is 3. The number of thioether (sulfide) groups is 1.